The minimum absolute atomic E-state index is 0.103. The zero-order valence-electron chi connectivity index (χ0n) is 16.9. The molecule has 1 fully saturated rings. The fraction of sp³-hybridized carbons (Fsp3) is 0.320. The third-order valence-electron chi connectivity index (χ3n) is 5.57. The maximum Gasteiger partial charge on any atom is 0.261 e. The number of likely N-dealkylation sites (tertiary alicyclic amines) is 1. The molecule has 3 aromatic rings. The summed E-state index contributed by atoms with van der Waals surface area (Å²) in [5, 5.41) is 5.30. The fourth-order valence-electron chi connectivity index (χ4n) is 3.89. The van der Waals surface area contributed by atoms with E-state index < -0.39 is 6.10 Å². The van der Waals surface area contributed by atoms with Crippen molar-refractivity contribution in [1.82, 2.24) is 10.2 Å². The molecule has 29 heavy (non-hydrogen) atoms. The van der Waals surface area contributed by atoms with Crippen LogP contribution in [0, 0.1) is 0 Å². The Morgan fingerprint density at radius 3 is 2.45 bits per heavy atom. The quantitative estimate of drug-likeness (QED) is 0.647. The third-order valence-corrected chi connectivity index (χ3v) is 5.57. The van der Waals surface area contributed by atoms with Crippen LogP contribution in [0.15, 0.2) is 66.7 Å². The van der Waals surface area contributed by atoms with Gasteiger partial charge in [-0.3, -0.25) is 9.69 Å². The van der Waals surface area contributed by atoms with Crippen LogP contribution in [0.25, 0.3) is 10.8 Å². The van der Waals surface area contributed by atoms with Gasteiger partial charge in [-0.15, -0.1) is 0 Å². The van der Waals surface area contributed by atoms with E-state index in [1.54, 1.807) is 6.92 Å². The highest BCUT2D eigenvalue weighted by molar-refractivity contribution is 5.84. The smallest absolute Gasteiger partial charge is 0.261 e. The van der Waals surface area contributed by atoms with Crippen molar-refractivity contribution in [3.05, 3.63) is 77.9 Å². The molecule has 0 radical (unpaired) electrons. The molecule has 150 valence electrons. The predicted octanol–water partition coefficient (Wildman–Crippen LogP) is 4.52. The van der Waals surface area contributed by atoms with Crippen LogP contribution >= 0.6 is 0 Å². The summed E-state index contributed by atoms with van der Waals surface area (Å²) >= 11 is 0. The van der Waals surface area contributed by atoms with Gasteiger partial charge in [-0.05, 0) is 66.9 Å². The highest BCUT2D eigenvalue weighted by atomic mass is 16.5. The minimum Gasteiger partial charge on any atom is -0.481 e. The lowest BCUT2D eigenvalue weighted by molar-refractivity contribution is -0.127. The van der Waals surface area contributed by atoms with E-state index in [1.807, 2.05) is 42.5 Å². The number of rotatable bonds is 7. The molecule has 4 nitrogen and oxygen atoms in total. The molecule has 0 saturated carbocycles. The molecule has 0 bridgehead atoms. The van der Waals surface area contributed by atoms with E-state index in [2.05, 4.69) is 34.5 Å². The summed E-state index contributed by atoms with van der Waals surface area (Å²) in [5.41, 5.74) is 2.46. The molecule has 4 heteroatoms. The number of fused-ring (bicyclic) bond motifs is 1. The number of benzene rings is 3. The van der Waals surface area contributed by atoms with Crippen LogP contribution in [-0.2, 0) is 17.9 Å². The number of carbonyl (C=O) groups is 1. The lowest BCUT2D eigenvalue weighted by atomic mass is 10.1. The van der Waals surface area contributed by atoms with Crippen molar-refractivity contribution < 1.29 is 9.53 Å². The zero-order valence-corrected chi connectivity index (χ0v) is 16.9. The van der Waals surface area contributed by atoms with Crippen LogP contribution in [-0.4, -0.2) is 30.0 Å². The summed E-state index contributed by atoms with van der Waals surface area (Å²) in [7, 11) is 0. The van der Waals surface area contributed by atoms with E-state index in [9.17, 15) is 4.79 Å². The minimum atomic E-state index is -0.554. The Labute approximate surface area is 172 Å². The van der Waals surface area contributed by atoms with Gasteiger partial charge in [-0.25, -0.2) is 0 Å². The van der Waals surface area contributed by atoms with Crippen LogP contribution in [0.4, 0.5) is 0 Å². The normalized spacial score (nSPS) is 15.3. The van der Waals surface area contributed by atoms with Gasteiger partial charge in [-0.2, -0.15) is 0 Å². The highest BCUT2D eigenvalue weighted by Crippen LogP contribution is 2.21. The molecule has 1 heterocycles. The van der Waals surface area contributed by atoms with Gasteiger partial charge in [-0.1, -0.05) is 54.6 Å². The van der Waals surface area contributed by atoms with E-state index in [0.29, 0.717) is 12.3 Å². The van der Waals surface area contributed by atoms with Crippen LogP contribution < -0.4 is 10.1 Å². The molecule has 1 unspecified atom stereocenters. The average molecular weight is 389 g/mol. The zero-order chi connectivity index (χ0) is 20.1. The number of ether oxygens (including phenoxy) is 1. The fourth-order valence-corrected chi connectivity index (χ4v) is 3.89. The second kappa shape index (κ2) is 9.10. The number of amides is 1. The van der Waals surface area contributed by atoms with Gasteiger partial charge in [0.1, 0.15) is 5.75 Å². The van der Waals surface area contributed by atoms with Crippen molar-refractivity contribution in [2.75, 3.05) is 13.1 Å². The summed E-state index contributed by atoms with van der Waals surface area (Å²) in [4.78, 5) is 15.1. The van der Waals surface area contributed by atoms with E-state index in [1.165, 1.54) is 24.0 Å². The van der Waals surface area contributed by atoms with Gasteiger partial charge in [0, 0.05) is 13.1 Å². The Hall–Kier alpha value is -2.85. The number of nitrogens with zero attached hydrogens (tertiary/aromatic N) is 1. The van der Waals surface area contributed by atoms with Gasteiger partial charge in [0.2, 0.25) is 0 Å². The Morgan fingerprint density at radius 1 is 0.966 bits per heavy atom. The molecule has 3 aromatic carbocycles. The standard InChI is InChI=1S/C25H28N2O2/c1-19(29-24-13-12-20-8-2-3-9-21(20)16-24)25(28)26-17-22-10-4-5-11-23(22)18-27-14-6-7-15-27/h2-5,8-13,16,19H,6-7,14-15,17-18H2,1H3,(H,26,28). The lowest BCUT2D eigenvalue weighted by Crippen LogP contribution is -2.36. The van der Waals surface area contributed by atoms with Gasteiger partial charge >= 0.3 is 0 Å². The van der Waals surface area contributed by atoms with Crippen molar-refractivity contribution in [3.8, 4) is 5.75 Å². The first-order valence-electron chi connectivity index (χ1n) is 10.4. The summed E-state index contributed by atoms with van der Waals surface area (Å²) in [6.07, 6.45) is 2.01. The summed E-state index contributed by atoms with van der Waals surface area (Å²) in [5.74, 6) is 0.606. The first kappa shape index (κ1) is 19.5. The molecular formula is C25H28N2O2. The van der Waals surface area contributed by atoms with Crippen LogP contribution in [0.2, 0.25) is 0 Å². The number of hydrogen-bond donors (Lipinski definition) is 1. The molecule has 1 aliphatic rings. The van der Waals surface area contributed by atoms with Crippen molar-refractivity contribution in [2.45, 2.75) is 39.0 Å². The van der Waals surface area contributed by atoms with Crippen molar-refractivity contribution in [3.63, 3.8) is 0 Å². The highest BCUT2D eigenvalue weighted by Gasteiger charge is 2.17. The van der Waals surface area contributed by atoms with Gasteiger partial charge in [0.15, 0.2) is 6.10 Å². The monoisotopic (exact) mass is 388 g/mol. The van der Waals surface area contributed by atoms with Crippen LogP contribution in [0.5, 0.6) is 5.75 Å². The molecule has 0 spiro atoms. The van der Waals surface area contributed by atoms with E-state index in [4.69, 9.17) is 4.74 Å². The van der Waals surface area contributed by atoms with Crippen LogP contribution in [0.3, 0.4) is 0 Å². The topological polar surface area (TPSA) is 41.6 Å². The number of hydrogen-bond acceptors (Lipinski definition) is 3. The Morgan fingerprint density at radius 2 is 1.66 bits per heavy atom. The molecule has 1 amide bonds. The van der Waals surface area contributed by atoms with Crippen molar-refractivity contribution in [2.24, 2.45) is 0 Å². The largest absolute Gasteiger partial charge is 0.481 e. The second-order valence-electron chi connectivity index (χ2n) is 7.74. The van der Waals surface area contributed by atoms with E-state index in [-0.39, 0.29) is 5.91 Å². The molecule has 1 aliphatic heterocycles. The van der Waals surface area contributed by atoms with Crippen LogP contribution in [0.1, 0.15) is 30.9 Å². The van der Waals surface area contributed by atoms with Gasteiger partial charge < -0.3 is 10.1 Å². The number of nitrogens with one attached hydrogen (secondary N) is 1. The summed E-state index contributed by atoms with van der Waals surface area (Å²) in [6.45, 7) is 5.60. The molecular weight excluding hydrogens is 360 g/mol. The molecule has 0 aromatic heterocycles. The molecule has 0 aliphatic carbocycles. The number of carbonyl (C=O) groups excluding carboxylic acids is 1. The molecule has 1 atom stereocenters. The van der Waals surface area contributed by atoms with Crippen molar-refractivity contribution >= 4 is 16.7 Å². The lowest BCUT2D eigenvalue weighted by Gasteiger charge is -2.19. The summed E-state index contributed by atoms with van der Waals surface area (Å²) in [6, 6.07) is 22.4. The molecule has 1 N–H and O–H groups in total. The van der Waals surface area contributed by atoms with Gasteiger partial charge in [0.05, 0.1) is 0 Å². The van der Waals surface area contributed by atoms with Crippen molar-refractivity contribution in [1.29, 1.82) is 0 Å². The maximum atomic E-state index is 12.6. The van der Waals surface area contributed by atoms with E-state index >= 15 is 0 Å². The molecule has 1 saturated heterocycles. The first-order valence-corrected chi connectivity index (χ1v) is 10.4. The Bertz CT molecular complexity index is 979. The Balaban J connectivity index is 1.35. The second-order valence-corrected chi connectivity index (χ2v) is 7.74. The Kier molecular flexibility index (Phi) is 6.11. The van der Waals surface area contributed by atoms with E-state index in [0.717, 1.165) is 30.4 Å². The SMILES string of the molecule is CC(Oc1ccc2ccccc2c1)C(=O)NCc1ccccc1CN1CCCC1. The maximum absolute atomic E-state index is 12.6. The summed E-state index contributed by atoms with van der Waals surface area (Å²) < 4.78 is 5.89. The first-order chi connectivity index (χ1) is 14.2. The average Bonchev–Trinajstić information content (AvgIpc) is 3.26. The third kappa shape index (κ3) is 4.96. The molecule has 4 rings (SSSR count). The predicted molar refractivity (Wildman–Crippen MR) is 117 cm³/mol. The van der Waals surface area contributed by atoms with Gasteiger partial charge in [0.25, 0.3) is 5.91 Å².